The molecule has 0 spiro atoms. The summed E-state index contributed by atoms with van der Waals surface area (Å²) in [5, 5.41) is 0. The van der Waals surface area contributed by atoms with Crippen LogP contribution in [0.3, 0.4) is 0 Å². The van der Waals surface area contributed by atoms with Crippen molar-refractivity contribution in [3.05, 3.63) is 11.6 Å². The van der Waals surface area contributed by atoms with Gasteiger partial charge in [-0.05, 0) is 37.7 Å². The summed E-state index contributed by atoms with van der Waals surface area (Å²) in [6, 6.07) is 0. The van der Waals surface area contributed by atoms with Crippen molar-refractivity contribution >= 4 is 11.6 Å². The molecule has 0 saturated heterocycles. The van der Waals surface area contributed by atoms with E-state index in [1.54, 1.807) is 6.08 Å². The third kappa shape index (κ3) is 5.81. The molecule has 0 heterocycles. The van der Waals surface area contributed by atoms with Crippen LogP contribution in [0, 0.1) is 5.41 Å². The van der Waals surface area contributed by atoms with Crippen LogP contribution in [0.1, 0.15) is 65.7 Å². The fourth-order valence-electron chi connectivity index (χ4n) is 2.61. The minimum Gasteiger partial charge on any atom is -0.300 e. The first-order valence-electron chi connectivity index (χ1n) is 6.61. The first-order valence-corrected chi connectivity index (χ1v) is 6.61. The second kappa shape index (κ2) is 6.13. The number of allylic oxidation sites excluding steroid dienone is 2. The summed E-state index contributed by atoms with van der Waals surface area (Å²) >= 11 is 0. The zero-order valence-corrected chi connectivity index (χ0v) is 11.3. The SMILES string of the molecule is CC1=CC(=O)CC(C)(C)C1.O=C1CCCCC1. The molecule has 0 atom stereocenters. The van der Waals surface area contributed by atoms with E-state index in [0.29, 0.717) is 12.2 Å². The Balaban J connectivity index is 0.000000181. The number of carbonyl (C=O) groups excluding carboxylic acids is 2. The Morgan fingerprint density at radius 3 is 1.94 bits per heavy atom. The normalized spacial score (nSPS) is 23.6. The molecule has 17 heavy (non-hydrogen) atoms. The number of Topliss-reactive ketones (excluding diaryl/α,β-unsaturated/α-hetero) is 1. The van der Waals surface area contributed by atoms with Gasteiger partial charge in [0.1, 0.15) is 5.78 Å². The topological polar surface area (TPSA) is 34.1 Å². The minimum atomic E-state index is 0.204. The first-order chi connectivity index (χ1) is 7.89. The van der Waals surface area contributed by atoms with Gasteiger partial charge in [0.15, 0.2) is 5.78 Å². The standard InChI is InChI=1S/C9H14O.C6H10O/c1-7-4-8(10)6-9(2,3)5-7;7-6-4-2-1-3-5-6/h4H,5-6H2,1-3H3;1-5H2. The molecule has 2 heteroatoms. The summed E-state index contributed by atoms with van der Waals surface area (Å²) in [5.41, 5.74) is 1.43. The van der Waals surface area contributed by atoms with Crippen LogP contribution < -0.4 is 0 Å². The Labute approximate surface area is 104 Å². The van der Waals surface area contributed by atoms with Gasteiger partial charge >= 0.3 is 0 Å². The fourth-order valence-corrected chi connectivity index (χ4v) is 2.61. The van der Waals surface area contributed by atoms with Gasteiger partial charge in [-0.15, -0.1) is 0 Å². The van der Waals surface area contributed by atoms with Crippen molar-refractivity contribution < 1.29 is 9.59 Å². The molecular formula is C15H24O2. The van der Waals surface area contributed by atoms with E-state index < -0.39 is 0 Å². The van der Waals surface area contributed by atoms with Crippen LogP contribution in [-0.2, 0) is 9.59 Å². The van der Waals surface area contributed by atoms with Gasteiger partial charge in [0, 0.05) is 19.3 Å². The van der Waals surface area contributed by atoms with Gasteiger partial charge in [-0.3, -0.25) is 9.59 Å². The second-order valence-corrected chi connectivity index (χ2v) is 6.07. The van der Waals surface area contributed by atoms with Gasteiger partial charge in [0.25, 0.3) is 0 Å². The number of hydrogen-bond donors (Lipinski definition) is 0. The summed E-state index contributed by atoms with van der Waals surface area (Å²) in [6.07, 6.45) is 8.79. The van der Waals surface area contributed by atoms with Crippen LogP contribution in [0.4, 0.5) is 0 Å². The van der Waals surface area contributed by atoms with Gasteiger partial charge in [0.05, 0.1) is 0 Å². The average Bonchev–Trinajstić information content (AvgIpc) is 2.15. The molecule has 0 aromatic heterocycles. The number of rotatable bonds is 0. The fraction of sp³-hybridized carbons (Fsp3) is 0.733. The molecule has 0 radical (unpaired) electrons. The van der Waals surface area contributed by atoms with Gasteiger partial charge in [-0.25, -0.2) is 0 Å². The van der Waals surface area contributed by atoms with Crippen LogP contribution in [0.2, 0.25) is 0 Å². The van der Waals surface area contributed by atoms with E-state index in [1.165, 1.54) is 12.0 Å². The predicted molar refractivity (Wildman–Crippen MR) is 69.9 cm³/mol. The van der Waals surface area contributed by atoms with Crippen LogP contribution >= 0.6 is 0 Å². The third-order valence-electron chi connectivity index (χ3n) is 3.23. The smallest absolute Gasteiger partial charge is 0.156 e. The van der Waals surface area contributed by atoms with Crippen molar-refractivity contribution in [1.82, 2.24) is 0 Å². The molecule has 1 saturated carbocycles. The lowest BCUT2D eigenvalue weighted by atomic mass is 9.77. The molecule has 0 N–H and O–H groups in total. The number of carbonyl (C=O) groups is 2. The predicted octanol–water partition coefficient (Wildman–Crippen LogP) is 3.84. The van der Waals surface area contributed by atoms with Crippen LogP contribution in [0.5, 0.6) is 0 Å². The van der Waals surface area contributed by atoms with Crippen LogP contribution in [0.15, 0.2) is 11.6 Å². The Bertz CT molecular complexity index is 316. The minimum absolute atomic E-state index is 0.204. The number of hydrogen-bond acceptors (Lipinski definition) is 2. The molecule has 0 aromatic rings. The maximum absolute atomic E-state index is 11.0. The van der Waals surface area contributed by atoms with Crippen molar-refractivity contribution in [2.24, 2.45) is 5.41 Å². The van der Waals surface area contributed by atoms with Gasteiger partial charge < -0.3 is 0 Å². The van der Waals surface area contributed by atoms with Crippen LogP contribution in [0.25, 0.3) is 0 Å². The lowest BCUT2D eigenvalue weighted by Crippen LogP contribution is -2.20. The Hall–Kier alpha value is -0.920. The van der Waals surface area contributed by atoms with Crippen molar-refractivity contribution in [1.29, 1.82) is 0 Å². The average molecular weight is 236 g/mol. The summed E-state index contributed by atoms with van der Waals surface area (Å²) in [5.74, 6) is 0.750. The Kier molecular flexibility index (Phi) is 5.10. The molecule has 1 fully saturated rings. The quantitative estimate of drug-likeness (QED) is 0.640. The third-order valence-corrected chi connectivity index (χ3v) is 3.23. The van der Waals surface area contributed by atoms with Crippen molar-refractivity contribution in [3.8, 4) is 0 Å². The molecule has 0 aromatic carbocycles. The van der Waals surface area contributed by atoms with Gasteiger partial charge in [-0.2, -0.15) is 0 Å². The number of ketones is 2. The van der Waals surface area contributed by atoms with Gasteiger partial charge in [-0.1, -0.05) is 25.8 Å². The molecule has 0 unspecified atom stereocenters. The molecule has 2 aliphatic rings. The van der Waals surface area contributed by atoms with Gasteiger partial charge in [0.2, 0.25) is 0 Å². The zero-order chi connectivity index (χ0) is 12.9. The van der Waals surface area contributed by atoms with E-state index in [4.69, 9.17) is 0 Å². The molecule has 0 amide bonds. The highest BCUT2D eigenvalue weighted by Gasteiger charge is 2.25. The summed E-state index contributed by atoms with van der Waals surface area (Å²) < 4.78 is 0. The largest absolute Gasteiger partial charge is 0.300 e. The van der Waals surface area contributed by atoms with Crippen molar-refractivity contribution in [2.45, 2.75) is 65.7 Å². The Morgan fingerprint density at radius 1 is 1.00 bits per heavy atom. The zero-order valence-electron chi connectivity index (χ0n) is 11.3. The Morgan fingerprint density at radius 2 is 1.59 bits per heavy atom. The highest BCUT2D eigenvalue weighted by Crippen LogP contribution is 2.32. The van der Waals surface area contributed by atoms with E-state index in [1.807, 2.05) is 6.92 Å². The summed E-state index contributed by atoms with van der Waals surface area (Å²) in [7, 11) is 0. The highest BCUT2D eigenvalue weighted by atomic mass is 16.1. The monoisotopic (exact) mass is 236 g/mol. The molecule has 96 valence electrons. The molecule has 0 bridgehead atoms. The van der Waals surface area contributed by atoms with Crippen LogP contribution in [-0.4, -0.2) is 11.6 Å². The summed E-state index contributed by atoms with van der Waals surface area (Å²) in [4.78, 5) is 21.5. The lowest BCUT2D eigenvalue weighted by Gasteiger charge is -2.27. The van der Waals surface area contributed by atoms with Crippen molar-refractivity contribution in [2.75, 3.05) is 0 Å². The van der Waals surface area contributed by atoms with E-state index in [9.17, 15) is 9.59 Å². The van der Waals surface area contributed by atoms with Crippen molar-refractivity contribution in [3.63, 3.8) is 0 Å². The van der Waals surface area contributed by atoms with E-state index in [0.717, 1.165) is 32.1 Å². The lowest BCUT2D eigenvalue weighted by molar-refractivity contribution is -0.120. The highest BCUT2D eigenvalue weighted by molar-refractivity contribution is 5.91. The van der Waals surface area contributed by atoms with E-state index >= 15 is 0 Å². The maximum atomic E-state index is 11.0. The molecule has 2 aliphatic carbocycles. The molecule has 2 nitrogen and oxygen atoms in total. The molecule has 0 aliphatic heterocycles. The summed E-state index contributed by atoms with van der Waals surface area (Å²) in [6.45, 7) is 6.31. The van der Waals surface area contributed by atoms with E-state index in [-0.39, 0.29) is 11.2 Å². The van der Waals surface area contributed by atoms with E-state index in [2.05, 4.69) is 13.8 Å². The maximum Gasteiger partial charge on any atom is 0.156 e. The first kappa shape index (κ1) is 14.1. The molecule has 2 rings (SSSR count). The second-order valence-electron chi connectivity index (χ2n) is 6.07. The molecular weight excluding hydrogens is 212 g/mol.